The predicted octanol–water partition coefficient (Wildman–Crippen LogP) is 2.83. The van der Waals surface area contributed by atoms with Crippen LogP contribution in [0.25, 0.3) is 0 Å². The van der Waals surface area contributed by atoms with Crippen LogP contribution in [0.3, 0.4) is 0 Å². The van der Waals surface area contributed by atoms with Crippen molar-refractivity contribution in [1.29, 1.82) is 0 Å². The number of aryl methyl sites for hydroxylation is 2. The molecule has 0 atom stereocenters. The Morgan fingerprint density at radius 2 is 1.95 bits per heavy atom. The molecule has 3 nitrogen and oxygen atoms in total. The minimum atomic E-state index is -0.348. The molecule has 0 radical (unpaired) electrons. The third-order valence-electron chi connectivity index (χ3n) is 3.43. The first-order chi connectivity index (χ1) is 10.0. The second-order valence-corrected chi connectivity index (χ2v) is 5.13. The number of hydrogen-bond donors (Lipinski definition) is 2. The minimum Gasteiger partial charge on any atom is -0.348 e. The Kier molecular flexibility index (Phi) is 4.70. The summed E-state index contributed by atoms with van der Waals surface area (Å²) in [5, 5.41) is 2.75. The number of carbonyl (C=O) groups excluding carboxylic acids is 1. The summed E-state index contributed by atoms with van der Waals surface area (Å²) in [7, 11) is 0. The van der Waals surface area contributed by atoms with Crippen LogP contribution in [-0.4, -0.2) is 5.91 Å². The maximum Gasteiger partial charge on any atom is 0.251 e. The van der Waals surface area contributed by atoms with Gasteiger partial charge in [-0.05, 0) is 37.1 Å². The second kappa shape index (κ2) is 6.50. The van der Waals surface area contributed by atoms with Crippen LogP contribution in [0.2, 0.25) is 0 Å². The van der Waals surface area contributed by atoms with E-state index in [2.05, 4.69) is 5.32 Å². The third-order valence-corrected chi connectivity index (χ3v) is 3.43. The van der Waals surface area contributed by atoms with E-state index in [4.69, 9.17) is 5.73 Å². The molecular formula is C17H19FN2O. The van der Waals surface area contributed by atoms with Crippen molar-refractivity contribution < 1.29 is 9.18 Å². The van der Waals surface area contributed by atoms with Crippen molar-refractivity contribution in [3.05, 3.63) is 70.0 Å². The maximum absolute atomic E-state index is 13.8. The number of rotatable bonds is 4. The molecule has 0 heterocycles. The van der Waals surface area contributed by atoms with Crippen molar-refractivity contribution in [3.63, 3.8) is 0 Å². The van der Waals surface area contributed by atoms with Gasteiger partial charge in [-0.3, -0.25) is 4.79 Å². The van der Waals surface area contributed by atoms with Crippen LogP contribution in [0.4, 0.5) is 4.39 Å². The molecule has 0 aliphatic rings. The summed E-state index contributed by atoms with van der Waals surface area (Å²) >= 11 is 0. The average molecular weight is 286 g/mol. The van der Waals surface area contributed by atoms with E-state index in [-0.39, 0.29) is 18.3 Å². The summed E-state index contributed by atoms with van der Waals surface area (Å²) in [6, 6.07) is 10.5. The Hall–Kier alpha value is -2.20. The highest BCUT2D eigenvalue weighted by Crippen LogP contribution is 2.13. The van der Waals surface area contributed by atoms with Crippen LogP contribution in [0, 0.1) is 19.7 Å². The van der Waals surface area contributed by atoms with Crippen LogP contribution in [0.5, 0.6) is 0 Å². The fourth-order valence-electron chi connectivity index (χ4n) is 2.11. The SMILES string of the molecule is Cc1ccc(C)c(C(=O)NCc2ccc(CN)cc2F)c1. The molecule has 0 fully saturated rings. The molecular weight excluding hydrogens is 267 g/mol. The van der Waals surface area contributed by atoms with E-state index in [1.165, 1.54) is 6.07 Å². The summed E-state index contributed by atoms with van der Waals surface area (Å²) in [6.07, 6.45) is 0. The quantitative estimate of drug-likeness (QED) is 0.908. The zero-order chi connectivity index (χ0) is 15.4. The molecule has 0 bridgehead atoms. The maximum atomic E-state index is 13.8. The van der Waals surface area contributed by atoms with Gasteiger partial charge in [0.05, 0.1) is 0 Å². The average Bonchev–Trinajstić information content (AvgIpc) is 2.48. The van der Waals surface area contributed by atoms with Crippen molar-refractivity contribution in [2.75, 3.05) is 0 Å². The molecule has 3 N–H and O–H groups in total. The second-order valence-electron chi connectivity index (χ2n) is 5.13. The molecule has 0 saturated carbocycles. The number of benzene rings is 2. The molecule has 1 amide bonds. The molecule has 0 aliphatic carbocycles. The lowest BCUT2D eigenvalue weighted by Gasteiger charge is -2.10. The van der Waals surface area contributed by atoms with Crippen molar-refractivity contribution in [2.24, 2.45) is 5.73 Å². The van der Waals surface area contributed by atoms with E-state index in [9.17, 15) is 9.18 Å². The molecule has 0 aliphatic heterocycles. The number of amides is 1. The van der Waals surface area contributed by atoms with Gasteiger partial charge in [0.2, 0.25) is 0 Å². The summed E-state index contributed by atoms with van der Waals surface area (Å²) in [5.74, 6) is -0.544. The van der Waals surface area contributed by atoms with Crippen LogP contribution >= 0.6 is 0 Å². The van der Waals surface area contributed by atoms with E-state index in [0.717, 1.165) is 16.7 Å². The number of halogens is 1. The van der Waals surface area contributed by atoms with E-state index in [0.29, 0.717) is 17.7 Å². The van der Waals surface area contributed by atoms with E-state index in [1.807, 2.05) is 32.0 Å². The van der Waals surface area contributed by atoms with Crippen LogP contribution in [0.1, 0.15) is 32.6 Å². The Morgan fingerprint density at radius 1 is 1.19 bits per heavy atom. The predicted molar refractivity (Wildman–Crippen MR) is 81.4 cm³/mol. The highest BCUT2D eigenvalue weighted by Gasteiger charge is 2.10. The highest BCUT2D eigenvalue weighted by atomic mass is 19.1. The summed E-state index contributed by atoms with van der Waals surface area (Å²) in [6.45, 7) is 4.27. The smallest absolute Gasteiger partial charge is 0.251 e. The van der Waals surface area contributed by atoms with Crippen molar-refractivity contribution in [2.45, 2.75) is 26.9 Å². The molecule has 4 heteroatoms. The van der Waals surface area contributed by atoms with Crippen LogP contribution in [-0.2, 0) is 13.1 Å². The Bertz CT molecular complexity index is 668. The monoisotopic (exact) mass is 286 g/mol. The standard InChI is InChI=1S/C17H19FN2O/c1-11-3-4-12(2)15(7-11)17(21)20-10-14-6-5-13(9-19)8-16(14)18/h3-8H,9-10,19H2,1-2H3,(H,20,21). The molecule has 2 aromatic carbocycles. The first kappa shape index (κ1) is 15.2. The first-order valence-corrected chi connectivity index (χ1v) is 6.84. The van der Waals surface area contributed by atoms with E-state index < -0.39 is 0 Å². The molecule has 0 unspecified atom stereocenters. The molecule has 0 spiro atoms. The lowest BCUT2D eigenvalue weighted by molar-refractivity contribution is 0.0950. The van der Waals surface area contributed by atoms with Crippen molar-refractivity contribution in [3.8, 4) is 0 Å². The number of hydrogen-bond acceptors (Lipinski definition) is 2. The van der Waals surface area contributed by atoms with E-state index >= 15 is 0 Å². The lowest BCUT2D eigenvalue weighted by atomic mass is 10.0. The normalized spacial score (nSPS) is 10.5. The minimum absolute atomic E-state index is 0.156. The molecule has 2 rings (SSSR count). The Balaban J connectivity index is 2.09. The zero-order valence-corrected chi connectivity index (χ0v) is 12.2. The van der Waals surface area contributed by atoms with Gasteiger partial charge >= 0.3 is 0 Å². The number of nitrogens with two attached hydrogens (primary N) is 1. The van der Waals surface area contributed by atoms with Crippen molar-refractivity contribution >= 4 is 5.91 Å². The molecule has 0 aromatic heterocycles. The van der Waals surface area contributed by atoms with Gasteiger partial charge in [-0.15, -0.1) is 0 Å². The fourth-order valence-corrected chi connectivity index (χ4v) is 2.11. The summed E-state index contributed by atoms with van der Waals surface area (Å²) in [4.78, 5) is 12.2. The molecule has 21 heavy (non-hydrogen) atoms. The lowest BCUT2D eigenvalue weighted by Crippen LogP contribution is -2.24. The van der Waals surface area contributed by atoms with Crippen LogP contribution < -0.4 is 11.1 Å². The van der Waals surface area contributed by atoms with Gasteiger partial charge in [0.25, 0.3) is 5.91 Å². The zero-order valence-electron chi connectivity index (χ0n) is 12.2. The number of carbonyl (C=O) groups is 1. The van der Waals surface area contributed by atoms with Crippen molar-refractivity contribution in [1.82, 2.24) is 5.32 Å². The Labute approximate surface area is 124 Å². The van der Waals surface area contributed by atoms with Gasteiger partial charge in [-0.25, -0.2) is 4.39 Å². The number of nitrogens with one attached hydrogen (secondary N) is 1. The van der Waals surface area contributed by atoms with Gasteiger partial charge in [0.15, 0.2) is 0 Å². The highest BCUT2D eigenvalue weighted by molar-refractivity contribution is 5.95. The van der Waals surface area contributed by atoms with Gasteiger partial charge in [0.1, 0.15) is 5.82 Å². The largest absolute Gasteiger partial charge is 0.348 e. The van der Waals surface area contributed by atoms with Gasteiger partial charge in [0, 0.05) is 24.2 Å². The molecule has 110 valence electrons. The molecule has 2 aromatic rings. The van der Waals surface area contributed by atoms with Gasteiger partial charge in [-0.1, -0.05) is 29.8 Å². The topological polar surface area (TPSA) is 55.1 Å². The molecule has 0 saturated heterocycles. The Morgan fingerprint density at radius 3 is 2.62 bits per heavy atom. The fraction of sp³-hybridized carbons (Fsp3) is 0.235. The van der Waals surface area contributed by atoms with Gasteiger partial charge < -0.3 is 11.1 Å². The third kappa shape index (κ3) is 3.67. The van der Waals surface area contributed by atoms with Gasteiger partial charge in [-0.2, -0.15) is 0 Å². The first-order valence-electron chi connectivity index (χ1n) is 6.84. The summed E-state index contributed by atoms with van der Waals surface area (Å²) in [5.41, 5.74) is 9.18. The summed E-state index contributed by atoms with van der Waals surface area (Å²) < 4.78 is 13.8. The van der Waals surface area contributed by atoms with Crippen LogP contribution in [0.15, 0.2) is 36.4 Å². The van der Waals surface area contributed by atoms with E-state index in [1.54, 1.807) is 12.1 Å².